The minimum Gasteiger partial charge on any atom is -0.287 e. The molecule has 0 radical (unpaired) electrons. The highest BCUT2D eigenvalue weighted by atomic mass is 32.2. The van der Waals surface area contributed by atoms with Crippen LogP contribution in [-0.2, 0) is 16.6 Å². The number of nitrogens with zero attached hydrogens (tertiary/aromatic N) is 2. The van der Waals surface area contributed by atoms with E-state index in [0.29, 0.717) is 5.56 Å². The lowest BCUT2D eigenvalue weighted by molar-refractivity contribution is 0.253. The third kappa shape index (κ3) is 3.33. The summed E-state index contributed by atoms with van der Waals surface area (Å²) in [6.07, 6.45) is 0. The number of anilines is 2. The van der Waals surface area contributed by atoms with Crippen LogP contribution in [0.25, 0.3) is 0 Å². The maximum Gasteiger partial charge on any atom is 0.343 e. The van der Waals surface area contributed by atoms with Crippen LogP contribution in [0.3, 0.4) is 0 Å². The fourth-order valence-electron chi connectivity index (χ4n) is 3.52. The molecule has 1 aliphatic heterocycles. The fourth-order valence-corrected chi connectivity index (χ4v) is 5.17. The number of aryl methyl sites for hydroxylation is 2. The van der Waals surface area contributed by atoms with Gasteiger partial charge in [-0.1, -0.05) is 24.3 Å². The molecule has 8 heteroatoms. The van der Waals surface area contributed by atoms with Gasteiger partial charge in [-0.15, -0.1) is 0 Å². The van der Waals surface area contributed by atoms with Crippen molar-refractivity contribution in [1.82, 2.24) is 0 Å². The van der Waals surface area contributed by atoms with E-state index in [1.807, 2.05) is 6.07 Å². The lowest BCUT2D eigenvalue weighted by atomic mass is 10.1. The number of amides is 2. The van der Waals surface area contributed by atoms with Crippen LogP contribution in [0.15, 0.2) is 65.6 Å². The number of para-hydroxylation sites is 1. The van der Waals surface area contributed by atoms with Gasteiger partial charge in [0.1, 0.15) is 16.5 Å². The van der Waals surface area contributed by atoms with Crippen molar-refractivity contribution in [3.63, 3.8) is 0 Å². The van der Waals surface area contributed by atoms with Crippen LogP contribution in [0.4, 0.5) is 25.0 Å². The summed E-state index contributed by atoms with van der Waals surface area (Å²) in [7, 11) is -4.17. The molecule has 2 amide bonds. The lowest BCUT2D eigenvalue weighted by Crippen LogP contribution is -2.51. The molecule has 0 saturated carbocycles. The van der Waals surface area contributed by atoms with Gasteiger partial charge in [0.05, 0.1) is 17.9 Å². The van der Waals surface area contributed by atoms with E-state index < -0.39 is 27.7 Å². The van der Waals surface area contributed by atoms with E-state index >= 15 is 0 Å². The summed E-state index contributed by atoms with van der Waals surface area (Å²) in [5.41, 5.74) is 2.00. The Labute approximate surface area is 173 Å². The maximum atomic E-state index is 13.7. The Bertz CT molecular complexity index is 1250. The van der Waals surface area contributed by atoms with Crippen LogP contribution in [0.5, 0.6) is 0 Å². The minimum atomic E-state index is -4.17. The number of carbonyl (C=O) groups excluding carboxylic acids is 1. The van der Waals surface area contributed by atoms with Gasteiger partial charge in [0.15, 0.2) is 0 Å². The van der Waals surface area contributed by atoms with Gasteiger partial charge >= 0.3 is 6.03 Å². The van der Waals surface area contributed by atoms with Crippen LogP contribution >= 0.6 is 0 Å². The Balaban J connectivity index is 1.90. The molecule has 1 aliphatic rings. The zero-order chi connectivity index (χ0) is 21.6. The zero-order valence-electron chi connectivity index (χ0n) is 16.3. The van der Waals surface area contributed by atoms with Crippen molar-refractivity contribution in [2.24, 2.45) is 0 Å². The average Bonchev–Trinajstić information content (AvgIpc) is 2.67. The van der Waals surface area contributed by atoms with Gasteiger partial charge in [0.25, 0.3) is 10.0 Å². The molecule has 5 nitrogen and oxygen atoms in total. The molecule has 0 atom stereocenters. The normalized spacial score (nSPS) is 15.3. The van der Waals surface area contributed by atoms with E-state index in [1.54, 1.807) is 38.1 Å². The van der Waals surface area contributed by atoms with Crippen LogP contribution in [0, 0.1) is 25.5 Å². The zero-order valence-corrected chi connectivity index (χ0v) is 17.1. The van der Waals surface area contributed by atoms with Crippen molar-refractivity contribution in [2.45, 2.75) is 25.3 Å². The highest BCUT2D eigenvalue weighted by molar-refractivity contribution is 7.94. The monoisotopic (exact) mass is 428 g/mol. The van der Waals surface area contributed by atoms with Crippen LogP contribution in [0.1, 0.15) is 16.7 Å². The first-order valence-electron chi connectivity index (χ1n) is 9.16. The fraction of sp³-hybridized carbons (Fsp3) is 0.136. The summed E-state index contributed by atoms with van der Waals surface area (Å²) < 4.78 is 54.8. The molecule has 0 aliphatic carbocycles. The maximum absolute atomic E-state index is 13.7. The Morgan fingerprint density at radius 1 is 0.867 bits per heavy atom. The number of urea groups is 1. The predicted octanol–water partition coefficient (Wildman–Crippen LogP) is 4.92. The summed E-state index contributed by atoms with van der Waals surface area (Å²) in [6.45, 7) is 3.32. The van der Waals surface area contributed by atoms with Crippen LogP contribution < -0.4 is 9.21 Å². The summed E-state index contributed by atoms with van der Waals surface area (Å²) in [6, 6.07) is 13.4. The second kappa shape index (κ2) is 7.21. The Kier molecular flexibility index (Phi) is 4.82. The van der Waals surface area contributed by atoms with Gasteiger partial charge in [-0.05, 0) is 60.9 Å². The first-order chi connectivity index (χ1) is 14.2. The largest absolute Gasteiger partial charge is 0.343 e. The molecule has 0 unspecified atom stereocenters. The summed E-state index contributed by atoms with van der Waals surface area (Å²) in [5.74, 6) is -1.55. The Morgan fingerprint density at radius 3 is 2.23 bits per heavy atom. The first kappa shape index (κ1) is 20.0. The van der Waals surface area contributed by atoms with E-state index in [0.717, 1.165) is 28.1 Å². The molecule has 0 fully saturated rings. The van der Waals surface area contributed by atoms with E-state index in [-0.39, 0.29) is 28.4 Å². The van der Waals surface area contributed by atoms with Gasteiger partial charge in [-0.25, -0.2) is 22.0 Å². The molecule has 0 bridgehead atoms. The molecule has 0 N–H and O–H groups in total. The Hall–Kier alpha value is -3.26. The SMILES string of the molecule is Cc1ccc(C)c(N2C(=O)N(Cc3cc(F)cc(F)c3)c3ccccc3S2(=O)=O)c1. The third-order valence-corrected chi connectivity index (χ3v) is 6.66. The highest BCUT2D eigenvalue weighted by Gasteiger charge is 2.43. The second-order valence-electron chi connectivity index (χ2n) is 7.17. The van der Waals surface area contributed by atoms with Gasteiger partial charge in [0.2, 0.25) is 0 Å². The number of fused-ring (bicyclic) bond motifs is 1. The minimum absolute atomic E-state index is 0.0534. The lowest BCUT2D eigenvalue weighted by Gasteiger charge is -2.37. The average molecular weight is 428 g/mol. The number of hydrogen-bond donors (Lipinski definition) is 0. The van der Waals surface area contributed by atoms with Gasteiger partial charge in [0, 0.05) is 6.07 Å². The highest BCUT2D eigenvalue weighted by Crippen LogP contribution is 2.39. The van der Waals surface area contributed by atoms with Gasteiger partial charge in [-0.3, -0.25) is 4.90 Å². The molecule has 0 spiro atoms. The summed E-state index contributed by atoms with van der Waals surface area (Å²) in [4.78, 5) is 14.6. The molecule has 0 saturated heterocycles. The smallest absolute Gasteiger partial charge is 0.287 e. The molecular weight excluding hydrogens is 410 g/mol. The number of sulfonamides is 1. The van der Waals surface area contributed by atoms with Crippen molar-refractivity contribution in [1.29, 1.82) is 0 Å². The Morgan fingerprint density at radius 2 is 1.53 bits per heavy atom. The number of hydrogen-bond acceptors (Lipinski definition) is 3. The summed E-state index contributed by atoms with van der Waals surface area (Å²) in [5, 5.41) is 0. The van der Waals surface area contributed by atoms with E-state index in [4.69, 9.17) is 0 Å². The second-order valence-corrected chi connectivity index (χ2v) is 8.93. The van der Waals surface area contributed by atoms with Crippen molar-refractivity contribution in [3.05, 3.63) is 89.0 Å². The van der Waals surface area contributed by atoms with Crippen LogP contribution in [-0.4, -0.2) is 14.4 Å². The number of halogens is 2. The number of carbonyl (C=O) groups is 1. The standard InChI is InChI=1S/C22H18F2N2O3S/c1-14-7-8-15(2)20(9-14)26-22(27)25(13-16-10-17(23)12-18(24)11-16)19-5-3-4-6-21(19)30(26,28)29/h3-12H,13H2,1-2H3. The van der Waals surface area contributed by atoms with Crippen molar-refractivity contribution in [2.75, 3.05) is 9.21 Å². The molecule has 154 valence electrons. The van der Waals surface area contributed by atoms with E-state index in [2.05, 4.69) is 0 Å². The summed E-state index contributed by atoms with van der Waals surface area (Å²) >= 11 is 0. The quantitative estimate of drug-likeness (QED) is 0.595. The topological polar surface area (TPSA) is 57.7 Å². The van der Waals surface area contributed by atoms with E-state index in [9.17, 15) is 22.0 Å². The molecule has 3 aromatic rings. The van der Waals surface area contributed by atoms with Crippen LogP contribution in [0.2, 0.25) is 0 Å². The van der Waals surface area contributed by atoms with Gasteiger partial charge in [-0.2, -0.15) is 4.31 Å². The molecular formula is C22H18F2N2O3S. The first-order valence-corrected chi connectivity index (χ1v) is 10.6. The van der Waals surface area contributed by atoms with E-state index in [1.165, 1.54) is 17.0 Å². The number of benzene rings is 3. The molecule has 4 rings (SSSR count). The predicted molar refractivity (Wildman–Crippen MR) is 110 cm³/mol. The molecule has 3 aromatic carbocycles. The third-order valence-electron chi connectivity index (χ3n) is 4.93. The van der Waals surface area contributed by atoms with Gasteiger partial charge < -0.3 is 0 Å². The van der Waals surface area contributed by atoms with Crippen molar-refractivity contribution >= 4 is 27.4 Å². The molecule has 30 heavy (non-hydrogen) atoms. The number of rotatable bonds is 3. The van der Waals surface area contributed by atoms with Crippen molar-refractivity contribution < 1.29 is 22.0 Å². The van der Waals surface area contributed by atoms with Crippen molar-refractivity contribution in [3.8, 4) is 0 Å². The molecule has 1 heterocycles. The molecule has 0 aromatic heterocycles.